The maximum absolute atomic E-state index is 6.22. The van der Waals surface area contributed by atoms with Gasteiger partial charge in [0.25, 0.3) is 0 Å². The summed E-state index contributed by atoms with van der Waals surface area (Å²) in [6.45, 7) is 2.51. The van der Waals surface area contributed by atoms with Crippen molar-refractivity contribution in [1.82, 2.24) is 0 Å². The highest BCUT2D eigenvalue weighted by atomic mass is 16.5. The number of rotatable bonds is 5. The van der Waals surface area contributed by atoms with E-state index in [1.54, 1.807) is 21.3 Å². The predicted molar refractivity (Wildman–Crippen MR) is 115 cm³/mol. The van der Waals surface area contributed by atoms with Crippen molar-refractivity contribution in [1.29, 1.82) is 0 Å². The average Bonchev–Trinajstić information content (AvgIpc) is 2.79. The first-order chi connectivity index (χ1) is 14.2. The van der Waals surface area contributed by atoms with E-state index in [0.29, 0.717) is 6.61 Å². The fourth-order valence-corrected chi connectivity index (χ4v) is 3.76. The first kappa shape index (κ1) is 18.9. The molecule has 0 amide bonds. The summed E-state index contributed by atoms with van der Waals surface area (Å²) in [7, 11) is 5.03. The van der Waals surface area contributed by atoms with Crippen LogP contribution in [0.1, 0.15) is 22.3 Å². The molecule has 0 saturated heterocycles. The standard InChI is InChI=1S/C25H24O4/c1-16-23(28-4)14-13-21-24(18-7-11-20(27-3)12-8-18)22(15-29-25(16)21)17-5-9-19(26-2)10-6-17/h5-14H,15H2,1-4H3. The summed E-state index contributed by atoms with van der Waals surface area (Å²) in [5, 5.41) is 0. The molecule has 0 saturated carbocycles. The zero-order chi connectivity index (χ0) is 20.4. The van der Waals surface area contributed by atoms with E-state index in [2.05, 4.69) is 30.3 Å². The molecule has 3 aromatic carbocycles. The van der Waals surface area contributed by atoms with Gasteiger partial charge in [-0.15, -0.1) is 0 Å². The normalized spacial score (nSPS) is 12.8. The molecule has 3 aromatic rings. The Bertz CT molecular complexity index is 1050. The molecule has 0 spiro atoms. The van der Waals surface area contributed by atoms with Gasteiger partial charge in [0, 0.05) is 16.7 Å². The Morgan fingerprint density at radius 3 is 1.83 bits per heavy atom. The van der Waals surface area contributed by atoms with Crippen LogP contribution in [-0.2, 0) is 0 Å². The lowest BCUT2D eigenvalue weighted by atomic mass is 9.86. The maximum Gasteiger partial charge on any atom is 0.134 e. The van der Waals surface area contributed by atoms with E-state index in [1.165, 1.54) is 0 Å². The molecule has 0 aliphatic carbocycles. The van der Waals surface area contributed by atoms with E-state index in [1.807, 2.05) is 37.3 Å². The van der Waals surface area contributed by atoms with Crippen molar-refractivity contribution in [3.63, 3.8) is 0 Å². The van der Waals surface area contributed by atoms with E-state index >= 15 is 0 Å². The Balaban J connectivity index is 1.94. The molecule has 148 valence electrons. The van der Waals surface area contributed by atoms with Crippen LogP contribution < -0.4 is 18.9 Å². The summed E-state index contributed by atoms with van der Waals surface area (Å²) in [6, 6.07) is 20.3. The Labute approximate surface area is 171 Å². The third-order valence-corrected chi connectivity index (χ3v) is 5.33. The maximum atomic E-state index is 6.22. The molecule has 1 aliphatic heterocycles. The minimum absolute atomic E-state index is 0.481. The van der Waals surface area contributed by atoms with E-state index in [0.717, 1.165) is 56.4 Å². The monoisotopic (exact) mass is 388 g/mol. The fourth-order valence-electron chi connectivity index (χ4n) is 3.76. The molecule has 0 unspecified atom stereocenters. The zero-order valence-electron chi connectivity index (χ0n) is 17.1. The summed E-state index contributed by atoms with van der Waals surface area (Å²) < 4.78 is 22.4. The van der Waals surface area contributed by atoms with Gasteiger partial charge >= 0.3 is 0 Å². The highest BCUT2D eigenvalue weighted by Gasteiger charge is 2.25. The number of fused-ring (bicyclic) bond motifs is 1. The van der Waals surface area contributed by atoms with Crippen LogP contribution in [0, 0.1) is 6.92 Å². The van der Waals surface area contributed by atoms with Gasteiger partial charge in [0.2, 0.25) is 0 Å². The van der Waals surface area contributed by atoms with Crippen molar-refractivity contribution in [3.05, 3.63) is 82.9 Å². The fraction of sp³-hybridized carbons (Fsp3) is 0.200. The van der Waals surface area contributed by atoms with Gasteiger partial charge in [0.15, 0.2) is 0 Å². The van der Waals surface area contributed by atoms with Crippen LogP contribution >= 0.6 is 0 Å². The Hall–Kier alpha value is -3.40. The van der Waals surface area contributed by atoms with Crippen molar-refractivity contribution < 1.29 is 18.9 Å². The molecule has 0 atom stereocenters. The van der Waals surface area contributed by atoms with Crippen LogP contribution in [0.2, 0.25) is 0 Å². The highest BCUT2D eigenvalue weighted by molar-refractivity contribution is 6.02. The van der Waals surface area contributed by atoms with Crippen molar-refractivity contribution in [2.75, 3.05) is 27.9 Å². The molecule has 4 nitrogen and oxygen atoms in total. The number of methoxy groups -OCH3 is 3. The second kappa shape index (κ2) is 7.92. The molecular weight excluding hydrogens is 364 g/mol. The van der Waals surface area contributed by atoms with Crippen LogP contribution in [-0.4, -0.2) is 27.9 Å². The molecule has 0 aromatic heterocycles. The van der Waals surface area contributed by atoms with Crippen LogP contribution in [0.5, 0.6) is 23.0 Å². The van der Waals surface area contributed by atoms with Gasteiger partial charge in [0.1, 0.15) is 29.6 Å². The van der Waals surface area contributed by atoms with Crippen molar-refractivity contribution in [2.24, 2.45) is 0 Å². The number of ether oxygens (including phenoxy) is 4. The first-order valence-electron chi connectivity index (χ1n) is 9.49. The minimum atomic E-state index is 0.481. The second-order valence-corrected chi connectivity index (χ2v) is 6.87. The van der Waals surface area contributed by atoms with Gasteiger partial charge < -0.3 is 18.9 Å². The van der Waals surface area contributed by atoms with Crippen molar-refractivity contribution >= 4 is 11.1 Å². The zero-order valence-corrected chi connectivity index (χ0v) is 17.1. The van der Waals surface area contributed by atoms with Gasteiger partial charge in [-0.2, -0.15) is 0 Å². The van der Waals surface area contributed by atoms with E-state index in [4.69, 9.17) is 18.9 Å². The molecule has 1 aliphatic rings. The van der Waals surface area contributed by atoms with E-state index in [9.17, 15) is 0 Å². The molecule has 4 rings (SSSR count). The molecule has 0 fully saturated rings. The van der Waals surface area contributed by atoms with Gasteiger partial charge in [-0.1, -0.05) is 24.3 Å². The van der Waals surface area contributed by atoms with E-state index < -0.39 is 0 Å². The quantitative estimate of drug-likeness (QED) is 0.589. The molecule has 0 bridgehead atoms. The van der Waals surface area contributed by atoms with Crippen LogP contribution in [0.3, 0.4) is 0 Å². The Kier molecular flexibility index (Phi) is 5.17. The average molecular weight is 388 g/mol. The number of hydrogen-bond donors (Lipinski definition) is 0. The predicted octanol–water partition coefficient (Wildman–Crippen LogP) is 5.37. The van der Waals surface area contributed by atoms with Crippen LogP contribution in [0.4, 0.5) is 0 Å². The minimum Gasteiger partial charge on any atom is -0.497 e. The number of hydrogen-bond acceptors (Lipinski definition) is 4. The smallest absolute Gasteiger partial charge is 0.134 e. The van der Waals surface area contributed by atoms with Gasteiger partial charge in [0.05, 0.1) is 21.3 Å². The number of benzene rings is 3. The lowest BCUT2D eigenvalue weighted by molar-refractivity contribution is 0.354. The van der Waals surface area contributed by atoms with Crippen molar-refractivity contribution in [3.8, 4) is 23.0 Å². The molecule has 29 heavy (non-hydrogen) atoms. The lowest BCUT2D eigenvalue weighted by Crippen LogP contribution is -2.13. The topological polar surface area (TPSA) is 36.9 Å². The summed E-state index contributed by atoms with van der Waals surface area (Å²) in [5.74, 6) is 3.36. The second-order valence-electron chi connectivity index (χ2n) is 6.87. The van der Waals surface area contributed by atoms with Crippen molar-refractivity contribution in [2.45, 2.75) is 6.92 Å². The third kappa shape index (κ3) is 3.42. The van der Waals surface area contributed by atoms with Crippen LogP contribution in [0.25, 0.3) is 11.1 Å². The van der Waals surface area contributed by atoms with Gasteiger partial charge in [-0.25, -0.2) is 0 Å². The Morgan fingerprint density at radius 1 is 0.690 bits per heavy atom. The Morgan fingerprint density at radius 2 is 1.28 bits per heavy atom. The summed E-state index contributed by atoms with van der Waals surface area (Å²) in [4.78, 5) is 0. The molecular formula is C25H24O4. The molecule has 1 heterocycles. The molecule has 0 N–H and O–H groups in total. The van der Waals surface area contributed by atoms with Crippen LogP contribution in [0.15, 0.2) is 60.7 Å². The summed E-state index contributed by atoms with van der Waals surface area (Å²) in [5.41, 5.74) is 6.58. The van der Waals surface area contributed by atoms with Gasteiger partial charge in [-0.3, -0.25) is 0 Å². The van der Waals surface area contributed by atoms with Gasteiger partial charge in [-0.05, 0) is 60.0 Å². The summed E-state index contributed by atoms with van der Waals surface area (Å²) >= 11 is 0. The largest absolute Gasteiger partial charge is 0.497 e. The third-order valence-electron chi connectivity index (χ3n) is 5.33. The summed E-state index contributed by atoms with van der Waals surface area (Å²) in [6.07, 6.45) is 0. The first-order valence-corrected chi connectivity index (χ1v) is 9.49. The molecule has 0 radical (unpaired) electrons. The molecule has 4 heteroatoms. The SMILES string of the molecule is COc1ccc(C2=C(c3ccc(OC)cc3)c3ccc(OC)c(C)c3OC2)cc1. The van der Waals surface area contributed by atoms with E-state index in [-0.39, 0.29) is 0 Å². The highest BCUT2D eigenvalue weighted by Crippen LogP contribution is 2.45. The lowest BCUT2D eigenvalue weighted by Gasteiger charge is -2.27.